The molecule has 0 bridgehead atoms. The topological polar surface area (TPSA) is 18.5 Å². The van der Waals surface area contributed by atoms with E-state index in [9.17, 15) is 8.78 Å². The van der Waals surface area contributed by atoms with Gasteiger partial charge >= 0.3 is 0 Å². The maximum Gasteiger partial charge on any atom is 0.266 e. The second-order valence-corrected chi connectivity index (χ2v) is 10.6. The Hall–Kier alpha value is -0.480. The van der Waals surface area contributed by atoms with E-state index in [0.29, 0.717) is 5.92 Å². The zero-order valence-corrected chi connectivity index (χ0v) is 19.8. The Morgan fingerprint density at radius 2 is 1.45 bits per heavy atom. The molecule has 2 unspecified atom stereocenters. The van der Waals surface area contributed by atoms with Gasteiger partial charge in [-0.2, -0.15) is 8.78 Å². The first-order valence-electron chi connectivity index (χ1n) is 13.4. The molecule has 1 saturated heterocycles. The van der Waals surface area contributed by atoms with E-state index in [2.05, 4.69) is 6.92 Å². The molecule has 2 aliphatic carbocycles. The highest BCUT2D eigenvalue weighted by atomic mass is 19.3. The maximum atomic E-state index is 12.4. The third-order valence-electron chi connectivity index (χ3n) is 8.36. The number of rotatable bonds is 11. The molecule has 0 aromatic carbocycles. The van der Waals surface area contributed by atoms with Gasteiger partial charge in [-0.3, -0.25) is 0 Å². The van der Waals surface area contributed by atoms with Crippen molar-refractivity contribution in [2.45, 2.75) is 116 Å². The van der Waals surface area contributed by atoms with E-state index in [0.717, 1.165) is 82.0 Å². The molecule has 3 aliphatic rings. The molecular formula is C27H46F2O2. The maximum absolute atomic E-state index is 12.4. The Morgan fingerprint density at radius 3 is 2.06 bits per heavy atom. The molecule has 2 saturated carbocycles. The van der Waals surface area contributed by atoms with Gasteiger partial charge in [0.2, 0.25) is 0 Å². The molecule has 0 aromatic rings. The summed E-state index contributed by atoms with van der Waals surface area (Å²) in [4.78, 5) is 0. The molecule has 0 radical (unpaired) electrons. The van der Waals surface area contributed by atoms with Crippen LogP contribution in [0.15, 0.2) is 12.2 Å². The number of hydrogen-bond acceptors (Lipinski definition) is 2. The van der Waals surface area contributed by atoms with Gasteiger partial charge in [-0.05, 0) is 99.9 Å². The van der Waals surface area contributed by atoms with Crippen molar-refractivity contribution in [1.82, 2.24) is 0 Å². The van der Waals surface area contributed by atoms with Crippen LogP contribution in [-0.2, 0) is 9.47 Å². The lowest BCUT2D eigenvalue weighted by molar-refractivity contribution is -0.182. The molecular weight excluding hydrogens is 394 g/mol. The average molecular weight is 441 g/mol. The van der Waals surface area contributed by atoms with Crippen LogP contribution in [0.1, 0.15) is 110 Å². The molecule has 2 atom stereocenters. The molecule has 0 N–H and O–H groups in total. The molecule has 1 aliphatic heterocycles. The van der Waals surface area contributed by atoms with Gasteiger partial charge in [-0.1, -0.05) is 45.4 Å². The lowest BCUT2D eigenvalue weighted by atomic mass is 9.73. The number of ether oxygens (including phenoxy) is 2. The van der Waals surface area contributed by atoms with Crippen molar-refractivity contribution in [2.24, 2.45) is 29.6 Å². The third-order valence-corrected chi connectivity index (χ3v) is 8.36. The minimum atomic E-state index is -1.51. The summed E-state index contributed by atoms with van der Waals surface area (Å²) in [7, 11) is 0. The van der Waals surface area contributed by atoms with E-state index < -0.39 is 6.08 Å². The van der Waals surface area contributed by atoms with Crippen molar-refractivity contribution >= 4 is 0 Å². The van der Waals surface area contributed by atoms with Crippen molar-refractivity contribution < 1.29 is 18.3 Å². The summed E-state index contributed by atoms with van der Waals surface area (Å²) in [6.07, 6.45) is 19.5. The Kier molecular flexibility index (Phi) is 11.3. The highest BCUT2D eigenvalue weighted by molar-refractivity contribution is 4.90. The number of hydrogen-bond donors (Lipinski definition) is 0. The van der Waals surface area contributed by atoms with Crippen LogP contribution in [0.2, 0.25) is 0 Å². The van der Waals surface area contributed by atoms with E-state index >= 15 is 0 Å². The molecule has 180 valence electrons. The van der Waals surface area contributed by atoms with Crippen LogP contribution >= 0.6 is 0 Å². The summed E-state index contributed by atoms with van der Waals surface area (Å²) < 4.78 is 36.9. The molecule has 0 amide bonds. The van der Waals surface area contributed by atoms with Crippen molar-refractivity contribution in [2.75, 3.05) is 13.2 Å². The lowest BCUT2D eigenvalue weighted by Gasteiger charge is -2.37. The Morgan fingerprint density at radius 1 is 0.806 bits per heavy atom. The zero-order chi connectivity index (χ0) is 21.9. The van der Waals surface area contributed by atoms with Crippen LogP contribution in [0.3, 0.4) is 0 Å². The summed E-state index contributed by atoms with van der Waals surface area (Å²) in [5.41, 5.74) is 0. The van der Waals surface area contributed by atoms with Crippen LogP contribution in [0.25, 0.3) is 0 Å². The normalized spacial score (nSPS) is 34.4. The van der Waals surface area contributed by atoms with Gasteiger partial charge in [0, 0.05) is 6.61 Å². The predicted octanol–water partition coefficient (Wildman–Crippen LogP) is 8.51. The standard InChI is InChI=1S/C27H46F2O2/c1-2-3-4-6-21-12-14-24(15-13-21)25-16-17-27(31-20-25)30-18-5-7-22-8-10-23(11-9-22)19-26(28)29/h19,21-25,27H,2-18,20H2,1H3. The van der Waals surface area contributed by atoms with Crippen molar-refractivity contribution in [3.8, 4) is 0 Å². The molecule has 0 spiro atoms. The smallest absolute Gasteiger partial charge is 0.266 e. The molecule has 3 fully saturated rings. The first-order chi connectivity index (χ1) is 15.1. The zero-order valence-electron chi connectivity index (χ0n) is 19.8. The fourth-order valence-electron chi connectivity index (χ4n) is 6.29. The van der Waals surface area contributed by atoms with Crippen LogP contribution < -0.4 is 0 Å². The van der Waals surface area contributed by atoms with Crippen molar-refractivity contribution in [1.29, 1.82) is 0 Å². The molecule has 3 rings (SSSR count). The summed E-state index contributed by atoms with van der Waals surface area (Å²) in [5.74, 6) is 3.38. The van der Waals surface area contributed by atoms with Crippen molar-refractivity contribution in [3.05, 3.63) is 12.2 Å². The molecule has 2 nitrogen and oxygen atoms in total. The largest absolute Gasteiger partial charge is 0.353 e. The average Bonchev–Trinajstić information content (AvgIpc) is 2.79. The fraction of sp³-hybridized carbons (Fsp3) is 0.926. The fourth-order valence-corrected chi connectivity index (χ4v) is 6.29. The predicted molar refractivity (Wildman–Crippen MR) is 123 cm³/mol. The molecule has 4 heteroatoms. The first kappa shape index (κ1) is 25.1. The highest BCUT2D eigenvalue weighted by Crippen LogP contribution is 2.39. The molecule has 31 heavy (non-hydrogen) atoms. The summed E-state index contributed by atoms with van der Waals surface area (Å²) in [6, 6.07) is 0. The van der Waals surface area contributed by atoms with Gasteiger partial charge in [-0.25, -0.2) is 0 Å². The van der Waals surface area contributed by atoms with Crippen LogP contribution in [0, 0.1) is 29.6 Å². The Bertz CT molecular complexity index is 495. The second kappa shape index (κ2) is 13.9. The minimum absolute atomic E-state index is 0.00460. The van der Waals surface area contributed by atoms with E-state index in [1.165, 1.54) is 57.8 Å². The quantitative estimate of drug-likeness (QED) is 0.300. The second-order valence-electron chi connectivity index (χ2n) is 10.6. The van der Waals surface area contributed by atoms with E-state index in [1.54, 1.807) is 0 Å². The number of halogens is 2. The van der Waals surface area contributed by atoms with Crippen LogP contribution in [-0.4, -0.2) is 19.5 Å². The van der Waals surface area contributed by atoms with E-state index in [1.807, 2.05) is 0 Å². The lowest BCUT2D eigenvalue weighted by Crippen LogP contribution is -2.33. The van der Waals surface area contributed by atoms with Crippen molar-refractivity contribution in [3.63, 3.8) is 0 Å². The highest BCUT2D eigenvalue weighted by Gasteiger charge is 2.31. The Balaban J connectivity index is 1.20. The summed E-state index contributed by atoms with van der Waals surface area (Å²) in [6.45, 7) is 3.96. The van der Waals surface area contributed by atoms with Gasteiger partial charge in [0.25, 0.3) is 6.08 Å². The van der Waals surface area contributed by atoms with Gasteiger partial charge in [0.1, 0.15) is 0 Å². The van der Waals surface area contributed by atoms with Gasteiger partial charge < -0.3 is 9.47 Å². The summed E-state index contributed by atoms with van der Waals surface area (Å²) in [5, 5.41) is 0. The van der Waals surface area contributed by atoms with Crippen LogP contribution in [0.4, 0.5) is 8.78 Å². The van der Waals surface area contributed by atoms with E-state index in [4.69, 9.17) is 9.47 Å². The van der Waals surface area contributed by atoms with Crippen LogP contribution in [0.5, 0.6) is 0 Å². The molecule has 0 aromatic heterocycles. The van der Waals surface area contributed by atoms with E-state index in [-0.39, 0.29) is 12.2 Å². The van der Waals surface area contributed by atoms with Gasteiger partial charge in [0.05, 0.1) is 6.61 Å². The van der Waals surface area contributed by atoms with Gasteiger partial charge in [0.15, 0.2) is 6.29 Å². The minimum Gasteiger partial charge on any atom is -0.353 e. The molecule has 1 heterocycles. The van der Waals surface area contributed by atoms with Gasteiger partial charge in [-0.15, -0.1) is 0 Å². The first-order valence-corrected chi connectivity index (χ1v) is 13.4. The Labute approximate surface area is 189 Å². The summed E-state index contributed by atoms with van der Waals surface area (Å²) >= 11 is 0. The monoisotopic (exact) mass is 440 g/mol. The third kappa shape index (κ3) is 9.12. The SMILES string of the molecule is CCCCCC1CCC(C2CCC(OCCCC3CCC(C=C(F)F)CC3)OC2)CC1. The number of unbranched alkanes of at least 4 members (excludes halogenated alkanes) is 2. The number of allylic oxidation sites excluding steroid dienone is 1.